The van der Waals surface area contributed by atoms with Crippen LogP contribution in [-0.2, 0) is 11.3 Å². The van der Waals surface area contributed by atoms with Crippen molar-refractivity contribution in [1.82, 2.24) is 14.8 Å². The number of rotatable bonds is 7. The van der Waals surface area contributed by atoms with Crippen LogP contribution in [0.3, 0.4) is 0 Å². The number of ether oxygens (including phenoxy) is 1. The third-order valence-corrected chi connectivity index (χ3v) is 6.04. The van der Waals surface area contributed by atoms with Crippen LogP contribution in [-0.4, -0.2) is 33.8 Å². The summed E-state index contributed by atoms with van der Waals surface area (Å²) >= 11 is 1.06. The first-order chi connectivity index (χ1) is 15.3. The number of nitrogens with zero attached hydrogens (tertiary/aromatic N) is 4. The molecular formula is C23H22F2N4O2S. The normalized spacial score (nSPS) is 11.2. The molecule has 166 valence electrons. The van der Waals surface area contributed by atoms with Crippen LogP contribution in [0.1, 0.15) is 17.0 Å². The van der Waals surface area contributed by atoms with Crippen LogP contribution in [0, 0.1) is 32.4 Å². The minimum Gasteiger partial charge on any atom is -0.483 e. The first-order valence-corrected chi connectivity index (χ1v) is 10.9. The van der Waals surface area contributed by atoms with E-state index in [0.717, 1.165) is 34.4 Å². The Morgan fingerprint density at radius 2 is 1.94 bits per heavy atom. The fraction of sp³-hybridized carbons (Fsp3) is 0.261. The number of halogens is 2. The molecule has 0 aliphatic carbocycles. The second-order valence-corrected chi connectivity index (χ2v) is 8.49. The lowest BCUT2D eigenvalue weighted by atomic mass is 10.2. The van der Waals surface area contributed by atoms with Gasteiger partial charge < -0.3 is 4.74 Å². The fourth-order valence-corrected chi connectivity index (χ4v) is 4.47. The summed E-state index contributed by atoms with van der Waals surface area (Å²) in [7, 11) is 0. The van der Waals surface area contributed by atoms with Gasteiger partial charge in [0.05, 0.1) is 16.9 Å². The molecule has 2 aromatic carbocycles. The quantitative estimate of drug-likeness (QED) is 0.401. The third-order valence-electron chi connectivity index (χ3n) is 5.02. The van der Waals surface area contributed by atoms with Crippen molar-refractivity contribution in [2.45, 2.75) is 27.3 Å². The summed E-state index contributed by atoms with van der Waals surface area (Å²) < 4.78 is 35.7. The van der Waals surface area contributed by atoms with Gasteiger partial charge >= 0.3 is 0 Å². The van der Waals surface area contributed by atoms with Gasteiger partial charge in [0.1, 0.15) is 17.1 Å². The van der Waals surface area contributed by atoms with E-state index in [1.165, 1.54) is 11.0 Å². The van der Waals surface area contributed by atoms with Crippen LogP contribution in [0.2, 0.25) is 0 Å². The van der Waals surface area contributed by atoms with Crippen LogP contribution in [0.5, 0.6) is 5.75 Å². The van der Waals surface area contributed by atoms with Crippen molar-refractivity contribution < 1.29 is 18.3 Å². The number of aromatic nitrogens is 3. The van der Waals surface area contributed by atoms with E-state index in [9.17, 15) is 13.6 Å². The summed E-state index contributed by atoms with van der Waals surface area (Å²) in [5.41, 5.74) is 2.78. The third kappa shape index (κ3) is 4.62. The lowest BCUT2D eigenvalue weighted by Crippen LogP contribution is -2.37. The number of thiazole rings is 1. The van der Waals surface area contributed by atoms with Crippen LogP contribution in [0.25, 0.3) is 10.2 Å². The Bertz CT molecular complexity index is 1280. The maximum absolute atomic E-state index is 14.2. The van der Waals surface area contributed by atoms with Crippen molar-refractivity contribution in [3.8, 4) is 5.75 Å². The Morgan fingerprint density at radius 3 is 2.66 bits per heavy atom. The number of aryl methyl sites for hydroxylation is 3. The number of para-hydroxylation sites is 1. The molecule has 0 aliphatic rings. The molecule has 0 saturated carbocycles. The molecule has 0 saturated heterocycles. The maximum atomic E-state index is 14.2. The average Bonchev–Trinajstić information content (AvgIpc) is 3.30. The van der Waals surface area contributed by atoms with E-state index in [1.807, 2.05) is 45.0 Å². The number of benzene rings is 2. The summed E-state index contributed by atoms with van der Waals surface area (Å²) in [5.74, 6) is -1.18. The number of carbonyl (C=O) groups excluding carboxylic acids is 1. The number of hydrogen-bond acceptors (Lipinski definition) is 5. The Morgan fingerprint density at radius 1 is 1.16 bits per heavy atom. The molecule has 0 bridgehead atoms. The summed E-state index contributed by atoms with van der Waals surface area (Å²) in [6.45, 7) is 6.18. The standard InChI is InChI=1S/C23H22F2N4O2S/c1-14-6-4-5-7-19(14)31-13-21(30)28(8-9-29-16(3)10-15(2)27-29)23-26-22-18(25)11-17(24)12-20(22)32-23/h4-7,10-12H,8-9,13H2,1-3H3. The van der Waals surface area contributed by atoms with Crippen molar-refractivity contribution in [3.05, 3.63) is 71.1 Å². The highest BCUT2D eigenvalue weighted by molar-refractivity contribution is 7.22. The highest BCUT2D eigenvalue weighted by Crippen LogP contribution is 2.31. The van der Waals surface area contributed by atoms with Gasteiger partial charge in [-0.3, -0.25) is 14.4 Å². The zero-order chi connectivity index (χ0) is 22.8. The van der Waals surface area contributed by atoms with Gasteiger partial charge in [-0.05, 0) is 44.5 Å². The maximum Gasteiger partial charge on any atom is 0.266 e. The SMILES string of the molecule is Cc1cc(C)n(CCN(C(=O)COc2ccccc2C)c2nc3c(F)cc(F)cc3s2)n1. The smallest absolute Gasteiger partial charge is 0.266 e. The van der Waals surface area contributed by atoms with Gasteiger partial charge in [0.25, 0.3) is 5.91 Å². The van der Waals surface area contributed by atoms with E-state index >= 15 is 0 Å². The highest BCUT2D eigenvalue weighted by atomic mass is 32.1. The van der Waals surface area contributed by atoms with Crippen LogP contribution in [0.15, 0.2) is 42.5 Å². The first kappa shape index (κ1) is 21.9. The number of hydrogen-bond donors (Lipinski definition) is 0. The Kier molecular flexibility index (Phi) is 6.18. The molecule has 32 heavy (non-hydrogen) atoms. The molecule has 4 aromatic rings. The van der Waals surface area contributed by atoms with Crippen molar-refractivity contribution in [3.63, 3.8) is 0 Å². The van der Waals surface area contributed by atoms with Crippen LogP contribution >= 0.6 is 11.3 Å². The van der Waals surface area contributed by atoms with E-state index in [-0.39, 0.29) is 29.7 Å². The van der Waals surface area contributed by atoms with Crippen LogP contribution in [0.4, 0.5) is 13.9 Å². The van der Waals surface area contributed by atoms with E-state index in [2.05, 4.69) is 10.1 Å². The van der Waals surface area contributed by atoms with Crippen molar-refractivity contribution in [2.24, 2.45) is 0 Å². The Hall–Kier alpha value is -3.33. The minimum atomic E-state index is -0.760. The van der Waals surface area contributed by atoms with Crippen LogP contribution < -0.4 is 9.64 Å². The fourth-order valence-electron chi connectivity index (χ4n) is 3.42. The predicted molar refractivity (Wildman–Crippen MR) is 120 cm³/mol. The summed E-state index contributed by atoms with van der Waals surface area (Å²) in [5, 5.41) is 4.71. The monoisotopic (exact) mass is 456 g/mol. The Balaban J connectivity index is 1.61. The zero-order valence-corrected chi connectivity index (χ0v) is 18.7. The second kappa shape index (κ2) is 9.04. The zero-order valence-electron chi connectivity index (χ0n) is 17.9. The van der Waals surface area contributed by atoms with Gasteiger partial charge in [0.15, 0.2) is 17.6 Å². The van der Waals surface area contributed by atoms with E-state index in [1.54, 1.807) is 10.7 Å². The van der Waals surface area contributed by atoms with Gasteiger partial charge in [-0.25, -0.2) is 13.8 Å². The van der Waals surface area contributed by atoms with Gasteiger partial charge in [0.2, 0.25) is 0 Å². The molecule has 0 N–H and O–H groups in total. The minimum absolute atomic E-state index is 0.0372. The molecule has 0 fully saturated rings. The molecule has 4 rings (SSSR count). The average molecular weight is 457 g/mol. The topological polar surface area (TPSA) is 60.2 Å². The molecular weight excluding hydrogens is 434 g/mol. The van der Waals surface area contributed by atoms with Gasteiger partial charge in [-0.15, -0.1) is 0 Å². The number of carbonyl (C=O) groups is 1. The molecule has 0 radical (unpaired) electrons. The molecule has 9 heteroatoms. The lowest BCUT2D eigenvalue weighted by molar-refractivity contribution is -0.120. The molecule has 0 unspecified atom stereocenters. The van der Waals surface area contributed by atoms with E-state index in [0.29, 0.717) is 17.0 Å². The largest absolute Gasteiger partial charge is 0.483 e. The molecule has 0 aliphatic heterocycles. The highest BCUT2D eigenvalue weighted by Gasteiger charge is 2.22. The summed E-state index contributed by atoms with van der Waals surface area (Å²) in [4.78, 5) is 18.9. The number of fused-ring (bicyclic) bond motifs is 1. The summed E-state index contributed by atoms with van der Waals surface area (Å²) in [6, 6.07) is 11.4. The number of amides is 1. The van der Waals surface area contributed by atoms with Crippen molar-refractivity contribution in [1.29, 1.82) is 0 Å². The summed E-state index contributed by atoms with van der Waals surface area (Å²) in [6.07, 6.45) is 0. The molecule has 0 atom stereocenters. The molecule has 1 amide bonds. The molecule has 2 heterocycles. The van der Waals surface area contributed by atoms with Crippen molar-refractivity contribution >= 4 is 32.6 Å². The first-order valence-electron chi connectivity index (χ1n) is 10.1. The predicted octanol–water partition coefficient (Wildman–Crippen LogP) is 4.81. The van der Waals surface area contributed by atoms with Gasteiger partial charge in [-0.2, -0.15) is 5.10 Å². The lowest BCUT2D eigenvalue weighted by Gasteiger charge is -2.20. The van der Waals surface area contributed by atoms with Gasteiger partial charge in [0, 0.05) is 18.3 Å². The Labute approximate surface area is 188 Å². The van der Waals surface area contributed by atoms with E-state index < -0.39 is 11.6 Å². The number of anilines is 1. The second-order valence-electron chi connectivity index (χ2n) is 7.48. The van der Waals surface area contributed by atoms with Gasteiger partial charge in [-0.1, -0.05) is 29.5 Å². The van der Waals surface area contributed by atoms with Crippen molar-refractivity contribution in [2.75, 3.05) is 18.1 Å². The molecule has 6 nitrogen and oxygen atoms in total. The molecule has 0 spiro atoms. The molecule has 2 aromatic heterocycles. The van der Waals surface area contributed by atoms with E-state index in [4.69, 9.17) is 4.74 Å².